The van der Waals surface area contributed by atoms with Crippen molar-refractivity contribution in [3.05, 3.63) is 106 Å². The van der Waals surface area contributed by atoms with Gasteiger partial charge in [0.15, 0.2) is 0 Å². The number of hydrogen-bond donors (Lipinski definition) is 1. The van der Waals surface area contributed by atoms with E-state index >= 15 is 0 Å². The third-order valence-corrected chi connectivity index (χ3v) is 8.66. The third kappa shape index (κ3) is 4.12. The summed E-state index contributed by atoms with van der Waals surface area (Å²) in [6.45, 7) is 0.735. The second-order valence-corrected chi connectivity index (χ2v) is 10.2. The van der Waals surface area contributed by atoms with E-state index in [0.717, 1.165) is 28.0 Å². The van der Waals surface area contributed by atoms with Crippen LogP contribution in [0, 0.1) is 5.82 Å². The molecule has 0 spiro atoms. The number of nitrogens with zero attached hydrogens (tertiary/aromatic N) is 1. The Labute approximate surface area is 191 Å². The Morgan fingerprint density at radius 2 is 1.74 bits per heavy atom. The molecule has 0 amide bonds. The van der Waals surface area contributed by atoms with Crippen molar-refractivity contribution in [2.24, 2.45) is 4.99 Å². The van der Waals surface area contributed by atoms with E-state index in [4.69, 9.17) is 9.73 Å². The van der Waals surface area contributed by atoms with Gasteiger partial charge >= 0.3 is 0 Å². The number of ether oxygens (including phenoxy) is 1. The van der Waals surface area contributed by atoms with Crippen LogP contribution in [-0.4, -0.2) is 17.1 Å². The van der Waals surface area contributed by atoms with Crippen molar-refractivity contribution in [2.45, 2.75) is 18.9 Å². The lowest BCUT2D eigenvalue weighted by molar-refractivity contribution is 0.414. The predicted molar refractivity (Wildman–Crippen MR) is 134 cm³/mol. The molecule has 1 atom stereocenters. The van der Waals surface area contributed by atoms with Crippen LogP contribution in [0.2, 0.25) is 0 Å². The Kier molecular flexibility index (Phi) is 5.78. The molecule has 1 heterocycles. The maximum absolute atomic E-state index is 14.6. The summed E-state index contributed by atoms with van der Waals surface area (Å²) in [6.07, 6.45) is 2.78. The van der Waals surface area contributed by atoms with Gasteiger partial charge < -0.3 is 4.74 Å². The summed E-state index contributed by atoms with van der Waals surface area (Å²) >= 11 is -0.438. The number of benzene rings is 3. The number of aliphatic imine (C=N–C) groups is 1. The molecule has 0 saturated carbocycles. The average Bonchev–Trinajstić information content (AvgIpc) is 2.83. The van der Waals surface area contributed by atoms with Gasteiger partial charge in [-0.15, -0.1) is 0 Å². The van der Waals surface area contributed by atoms with Gasteiger partial charge in [0.25, 0.3) is 0 Å². The highest BCUT2D eigenvalue weighted by atomic mass is 127. The number of nitrogens with one attached hydrogen (secondary N) is 1. The summed E-state index contributed by atoms with van der Waals surface area (Å²) in [4.78, 5) is 4.74. The maximum Gasteiger partial charge on any atom is 0.139 e. The Morgan fingerprint density at radius 3 is 2.52 bits per heavy atom. The minimum Gasteiger partial charge on any atom is -0.497 e. The lowest BCUT2D eigenvalue weighted by Gasteiger charge is -2.29. The van der Waals surface area contributed by atoms with Crippen molar-refractivity contribution < 1.29 is 9.13 Å². The molecule has 3 aromatic carbocycles. The molecule has 31 heavy (non-hydrogen) atoms. The normalized spacial score (nSPS) is 17.4. The zero-order valence-corrected chi connectivity index (χ0v) is 19.3. The lowest BCUT2D eigenvalue weighted by Crippen LogP contribution is -2.22. The topological polar surface area (TPSA) is 33.6 Å². The van der Waals surface area contributed by atoms with Crippen molar-refractivity contribution in [1.82, 2.24) is 5.32 Å². The molecule has 1 aliphatic carbocycles. The number of halogens is 2. The SMILES string of the molecule is COc1ccc(CNC2=IC3=C(C=N2)CC(c2ccccc2F)c2ccccc23)cc1. The molecule has 156 valence electrons. The van der Waals surface area contributed by atoms with Gasteiger partial charge in [-0.05, 0) is 73.2 Å². The summed E-state index contributed by atoms with van der Waals surface area (Å²) in [5.41, 5.74) is 5.67. The summed E-state index contributed by atoms with van der Waals surface area (Å²) in [5, 5.41) is 3.52. The van der Waals surface area contributed by atoms with Gasteiger partial charge in [-0.2, -0.15) is 0 Å². The first-order valence-electron chi connectivity index (χ1n) is 10.2. The van der Waals surface area contributed by atoms with Crippen molar-refractivity contribution in [3.8, 4) is 5.75 Å². The first kappa shape index (κ1) is 20.3. The zero-order chi connectivity index (χ0) is 21.2. The molecule has 0 radical (unpaired) electrons. The van der Waals surface area contributed by atoms with Crippen molar-refractivity contribution in [3.63, 3.8) is 0 Å². The van der Waals surface area contributed by atoms with Crippen LogP contribution in [0.15, 0.2) is 83.4 Å². The molecule has 0 saturated heterocycles. The Morgan fingerprint density at radius 1 is 1.00 bits per heavy atom. The van der Waals surface area contributed by atoms with Crippen LogP contribution in [0.4, 0.5) is 4.39 Å². The van der Waals surface area contributed by atoms with Gasteiger partial charge in [-0.3, -0.25) is 5.32 Å². The summed E-state index contributed by atoms with van der Waals surface area (Å²) in [6, 6.07) is 23.7. The van der Waals surface area contributed by atoms with Crippen molar-refractivity contribution in [1.29, 1.82) is 0 Å². The standard InChI is InChI=1S/C26H22FIN2O/c1-31-19-12-10-17(11-13-19)15-29-26-28-25-18(16-30-26)14-23(20-6-2-3-8-22(20)25)21-7-4-5-9-24(21)27/h2-13,16,23H,14-15H2,1H3,(H,29,30). The third-order valence-electron chi connectivity index (χ3n) is 5.67. The number of rotatable bonds is 5. The molecule has 0 aromatic heterocycles. The fourth-order valence-electron chi connectivity index (χ4n) is 4.10. The van der Waals surface area contributed by atoms with E-state index < -0.39 is 20.7 Å². The zero-order valence-electron chi connectivity index (χ0n) is 17.1. The maximum atomic E-state index is 14.6. The summed E-state index contributed by atoms with van der Waals surface area (Å²) in [5.74, 6) is 0.750. The largest absolute Gasteiger partial charge is 0.497 e. The molecule has 5 heteroatoms. The van der Waals surface area contributed by atoms with Gasteiger partial charge in [0, 0.05) is 22.3 Å². The highest BCUT2D eigenvalue weighted by Gasteiger charge is 2.29. The first-order valence-corrected chi connectivity index (χ1v) is 12.4. The van der Waals surface area contributed by atoms with Crippen LogP contribution >= 0.6 is 20.7 Å². The van der Waals surface area contributed by atoms with Crippen LogP contribution < -0.4 is 10.1 Å². The fourth-order valence-corrected chi connectivity index (χ4v) is 6.75. The van der Waals surface area contributed by atoms with E-state index in [9.17, 15) is 4.39 Å². The molecular weight excluding hydrogens is 502 g/mol. The Hall–Kier alpha value is -2.64. The quantitative estimate of drug-likeness (QED) is 0.415. The van der Waals surface area contributed by atoms with E-state index in [1.807, 2.05) is 30.5 Å². The molecule has 0 fully saturated rings. The minimum atomic E-state index is -0.438. The van der Waals surface area contributed by atoms with Crippen LogP contribution in [0.5, 0.6) is 5.75 Å². The molecule has 1 N–H and O–H groups in total. The fraction of sp³-hybridized carbons (Fsp3) is 0.154. The molecule has 0 bridgehead atoms. The van der Waals surface area contributed by atoms with E-state index in [1.165, 1.54) is 25.8 Å². The Balaban J connectivity index is 1.43. The molecule has 1 aliphatic heterocycles. The molecular formula is C26H22FIN2O. The number of fused-ring (bicyclic) bond motifs is 2. The smallest absolute Gasteiger partial charge is 0.139 e. The van der Waals surface area contributed by atoms with Crippen LogP contribution in [0.1, 0.15) is 34.6 Å². The van der Waals surface area contributed by atoms with Gasteiger partial charge in [0.05, 0.1) is 7.11 Å². The van der Waals surface area contributed by atoms with Crippen LogP contribution in [0.25, 0.3) is 3.58 Å². The summed E-state index contributed by atoms with van der Waals surface area (Å²) in [7, 11) is 1.67. The second-order valence-electron chi connectivity index (χ2n) is 7.55. The number of hydrogen-bond acceptors (Lipinski definition) is 3. The van der Waals surface area contributed by atoms with Crippen molar-refractivity contribution >= 4 is 34.3 Å². The van der Waals surface area contributed by atoms with Gasteiger partial charge in [-0.1, -0.05) is 54.6 Å². The second kappa shape index (κ2) is 8.85. The van der Waals surface area contributed by atoms with Gasteiger partial charge in [0.2, 0.25) is 0 Å². The molecule has 3 nitrogen and oxygen atoms in total. The minimum absolute atomic E-state index is 0.0282. The molecule has 5 rings (SSSR count). The van der Waals surface area contributed by atoms with Crippen LogP contribution in [-0.2, 0) is 6.54 Å². The average molecular weight is 524 g/mol. The van der Waals surface area contributed by atoms with E-state index in [-0.39, 0.29) is 11.7 Å². The molecule has 2 aliphatic rings. The van der Waals surface area contributed by atoms with Crippen LogP contribution in [0.3, 0.4) is 0 Å². The first-order chi connectivity index (χ1) is 15.2. The highest BCUT2D eigenvalue weighted by Crippen LogP contribution is 2.47. The van der Waals surface area contributed by atoms with Gasteiger partial charge in [-0.25, -0.2) is 9.38 Å². The summed E-state index contributed by atoms with van der Waals surface area (Å²) < 4.78 is 22.3. The van der Waals surface area contributed by atoms with Gasteiger partial charge in [0.1, 0.15) is 15.3 Å². The van der Waals surface area contributed by atoms with E-state index in [0.29, 0.717) is 0 Å². The number of allylic oxidation sites excluding steroid dienone is 1. The molecule has 1 unspecified atom stereocenters. The van der Waals surface area contributed by atoms with E-state index in [1.54, 1.807) is 19.2 Å². The lowest BCUT2D eigenvalue weighted by atomic mass is 9.79. The number of methoxy groups -OCH3 is 1. The highest BCUT2D eigenvalue weighted by molar-refractivity contribution is 14.2. The molecule has 3 aromatic rings. The van der Waals surface area contributed by atoms with E-state index in [2.05, 4.69) is 41.7 Å². The predicted octanol–water partition coefficient (Wildman–Crippen LogP) is 6.01. The van der Waals surface area contributed by atoms with Crippen molar-refractivity contribution in [2.75, 3.05) is 7.11 Å². The Bertz CT molecular complexity index is 1210. The monoisotopic (exact) mass is 524 g/mol.